The Labute approximate surface area is 161 Å². The molecule has 1 saturated carbocycles. The monoisotopic (exact) mass is 368 g/mol. The number of nitriles is 3. The highest BCUT2D eigenvalue weighted by Crippen LogP contribution is 2.67. The van der Waals surface area contributed by atoms with Crippen molar-refractivity contribution in [1.82, 2.24) is 0 Å². The molecule has 0 radical (unpaired) electrons. The van der Waals surface area contributed by atoms with Gasteiger partial charge >= 0.3 is 0 Å². The van der Waals surface area contributed by atoms with Crippen LogP contribution in [0.15, 0.2) is 0 Å². The van der Waals surface area contributed by atoms with E-state index < -0.39 is 28.6 Å². The van der Waals surface area contributed by atoms with Crippen molar-refractivity contribution >= 4 is 5.90 Å². The van der Waals surface area contributed by atoms with Crippen LogP contribution in [0, 0.1) is 62.1 Å². The Balaban J connectivity index is 2.05. The summed E-state index contributed by atoms with van der Waals surface area (Å²) in [6.45, 7) is 4.24. The third-order valence-corrected chi connectivity index (χ3v) is 7.03. The molecule has 0 amide bonds. The van der Waals surface area contributed by atoms with Crippen LogP contribution in [0.4, 0.5) is 0 Å². The minimum atomic E-state index is -1.70. The summed E-state index contributed by atoms with van der Waals surface area (Å²) in [6, 6.07) is 6.53. The molecule has 2 aliphatic heterocycles. The molecule has 1 N–H and O–H groups in total. The van der Waals surface area contributed by atoms with Gasteiger partial charge in [-0.3, -0.25) is 5.41 Å². The van der Waals surface area contributed by atoms with Crippen LogP contribution in [0.1, 0.15) is 71.6 Å². The molecule has 3 aliphatic rings. The largest absolute Gasteiger partial charge is 0.447 e. The first-order valence-corrected chi connectivity index (χ1v) is 10.2. The lowest BCUT2D eigenvalue weighted by atomic mass is 9.51. The molecule has 3 rings (SSSR count). The van der Waals surface area contributed by atoms with Gasteiger partial charge in [-0.15, -0.1) is 0 Å². The van der Waals surface area contributed by atoms with Crippen LogP contribution in [-0.2, 0) is 9.47 Å². The predicted molar refractivity (Wildman–Crippen MR) is 98.0 cm³/mol. The number of nitrogens with one attached hydrogen (secondary N) is 1. The molecule has 144 valence electrons. The van der Waals surface area contributed by atoms with Crippen LogP contribution >= 0.6 is 0 Å². The van der Waals surface area contributed by atoms with Crippen LogP contribution < -0.4 is 0 Å². The molecule has 0 aromatic heterocycles. The summed E-state index contributed by atoms with van der Waals surface area (Å²) in [4.78, 5) is 0. The Morgan fingerprint density at radius 2 is 1.85 bits per heavy atom. The standard InChI is InChI=1S/C21H28N4O2/c1-3-5-6-7-8-17-19(12-22,13-23)20(14-24)16-11-15(4-2)9-10-21(16,26-17)27-18(20)25/h15-17,25H,3-11H2,1-2H3. The maximum atomic E-state index is 10.2. The molecule has 6 heteroatoms. The van der Waals surface area contributed by atoms with E-state index in [0.29, 0.717) is 25.2 Å². The minimum absolute atomic E-state index is 0.245. The number of unbranched alkanes of at least 4 members (excludes halogenated alkanes) is 3. The van der Waals surface area contributed by atoms with Gasteiger partial charge in [0.1, 0.15) is 0 Å². The van der Waals surface area contributed by atoms with Gasteiger partial charge in [-0.1, -0.05) is 46.0 Å². The van der Waals surface area contributed by atoms with Gasteiger partial charge < -0.3 is 9.47 Å². The third-order valence-electron chi connectivity index (χ3n) is 7.03. The highest BCUT2D eigenvalue weighted by atomic mass is 16.7. The van der Waals surface area contributed by atoms with E-state index in [4.69, 9.17) is 14.9 Å². The Kier molecular flexibility index (Phi) is 5.20. The summed E-state index contributed by atoms with van der Waals surface area (Å²) >= 11 is 0. The third kappa shape index (κ3) is 2.49. The molecule has 0 aromatic carbocycles. The molecule has 2 heterocycles. The topological polar surface area (TPSA) is 114 Å². The first kappa shape index (κ1) is 19.7. The molecule has 0 aromatic rings. The Hall–Kier alpha value is -2.10. The van der Waals surface area contributed by atoms with E-state index in [0.717, 1.165) is 38.5 Å². The summed E-state index contributed by atoms with van der Waals surface area (Å²) in [7, 11) is 0. The lowest BCUT2D eigenvalue weighted by molar-refractivity contribution is -0.297. The number of ether oxygens (including phenoxy) is 2. The number of hydrogen-bond donors (Lipinski definition) is 1. The summed E-state index contributed by atoms with van der Waals surface area (Å²) in [5, 5.41) is 38.9. The predicted octanol–water partition coefficient (Wildman–Crippen LogP) is 4.43. The van der Waals surface area contributed by atoms with Gasteiger partial charge in [0, 0.05) is 6.42 Å². The van der Waals surface area contributed by atoms with E-state index in [1.165, 1.54) is 0 Å². The Morgan fingerprint density at radius 3 is 2.44 bits per heavy atom. The fourth-order valence-corrected chi connectivity index (χ4v) is 5.42. The first-order valence-electron chi connectivity index (χ1n) is 10.2. The molecule has 27 heavy (non-hydrogen) atoms. The molecule has 0 spiro atoms. The van der Waals surface area contributed by atoms with Gasteiger partial charge in [-0.2, -0.15) is 15.8 Å². The van der Waals surface area contributed by atoms with E-state index in [1.54, 1.807) is 0 Å². The van der Waals surface area contributed by atoms with Gasteiger partial charge in [0.05, 0.1) is 30.2 Å². The van der Waals surface area contributed by atoms with Crippen LogP contribution in [-0.4, -0.2) is 17.8 Å². The highest BCUT2D eigenvalue weighted by Gasteiger charge is 2.80. The minimum Gasteiger partial charge on any atom is -0.447 e. The van der Waals surface area contributed by atoms with Crippen LogP contribution in [0.2, 0.25) is 0 Å². The van der Waals surface area contributed by atoms with E-state index in [9.17, 15) is 15.8 Å². The maximum Gasteiger partial charge on any atom is 0.217 e. The van der Waals surface area contributed by atoms with Crippen LogP contribution in [0.3, 0.4) is 0 Å². The number of hydrogen-bond acceptors (Lipinski definition) is 6. The van der Waals surface area contributed by atoms with Crippen molar-refractivity contribution in [2.75, 3.05) is 0 Å². The van der Waals surface area contributed by atoms with Crippen LogP contribution in [0.5, 0.6) is 0 Å². The van der Waals surface area contributed by atoms with E-state index >= 15 is 0 Å². The quantitative estimate of drug-likeness (QED) is 0.697. The second kappa shape index (κ2) is 7.14. The van der Waals surface area contributed by atoms with E-state index in [1.807, 2.05) is 0 Å². The Morgan fingerprint density at radius 1 is 1.11 bits per heavy atom. The Bertz CT molecular complexity index is 716. The van der Waals surface area contributed by atoms with E-state index in [-0.39, 0.29) is 5.90 Å². The molecule has 2 saturated heterocycles. The first-order chi connectivity index (χ1) is 13.0. The smallest absolute Gasteiger partial charge is 0.217 e. The lowest BCUT2D eigenvalue weighted by Gasteiger charge is -2.52. The van der Waals surface area contributed by atoms with Crippen molar-refractivity contribution < 1.29 is 9.47 Å². The van der Waals surface area contributed by atoms with Gasteiger partial charge in [-0.25, -0.2) is 0 Å². The van der Waals surface area contributed by atoms with Gasteiger partial charge in [0.15, 0.2) is 10.8 Å². The molecule has 5 atom stereocenters. The lowest BCUT2D eigenvalue weighted by Crippen LogP contribution is -2.64. The van der Waals surface area contributed by atoms with Crippen molar-refractivity contribution in [3.63, 3.8) is 0 Å². The summed E-state index contributed by atoms with van der Waals surface area (Å²) in [6.07, 6.45) is 6.97. The zero-order valence-corrected chi connectivity index (χ0v) is 16.3. The summed E-state index contributed by atoms with van der Waals surface area (Å²) in [5.74, 6) is -1.31. The normalized spacial score (nSPS) is 38.8. The number of nitrogens with zero attached hydrogens (tertiary/aromatic N) is 3. The van der Waals surface area contributed by atoms with Crippen molar-refractivity contribution in [1.29, 1.82) is 21.2 Å². The second-order valence-electron chi connectivity index (χ2n) is 8.25. The average molecular weight is 368 g/mol. The van der Waals surface area contributed by atoms with Gasteiger partial charge in [0.25, 0.3) is 0 Å². The zero-order valence-electron chi connectivity index (χ0n) is 16.3. The van der Waals surface area contributed by atoms with Crippen molar-refractivity contribution in [3.05, 3.63) is 0 Å². The van der Waals surface area contributed by atoms with Crippen molar-refractivity contribution in [3.8, 4) is 18.2 Å². The maximum absolute atomic E-state index is 10.2. The second-order valence-corrected chi connectivity index (χ2v) is 8.25. The molecule has 1 aliphatic carbocycles. The van der Waals surface area contributed by atoms with E-state index in [2.05, 4.69) is 32.1 Å². The fourth-order valence-electron chi connectivity index (χ4n) is 5.42. The molecular formula is C21H28N4O2. The summed E-state index contributed by atoms with van der Waals surface area (Å²) < 4.78 is 12.3. The SMILES string of the molecule is CCCCCCC1OC23CCC(CC)CC2C(C#N)(C(=N)O3)C1(C#N)C#N. The fraction of sp³-hybridized carbons (Fsp3) is 0.810. The highest BCUT2D eigenvalue weighted by molar-refractivity contribution is 5.89. The van der Waals surface area contributed by atoms with Gasteiger partial charge in [-0.05, 0) is 25.2 Å². The molecule has 6 nitrogen and oxygen atoms in total. The van der Waals surface area contributed by atoms with Crippen LogP contribution in [0.25, 0.3) is 0 Å². The van der Waals surface area contributed by atoms with Crippen molar-refractivity contribution in [2.24, 2.45) is 22.7 Å². The zero-order chi connectivity index (χ0) is 19.7. The van der Waals surface area contributed by atoms with Gasteiger partial charge in [0.2, 0.25) is 11.7 Å². The number of rotatable bonds is 6. The summed E-state index contributed by atoms with van der Waals surface area (Å²) in [5.41, 5.74) is -3.25. The molecule has 5 unspecified atom stereocenters. The molecule has 3 fully saturated rings. The molecule has 2 bridgehead atoms. The van der Waals surface area contributed by atoms with Crippen molar-refractivity contribution in [2.45, 2.75) is 83.5 Å². The molecular weight excluding hydrogens is 340 g/mol. The average Bonchev–Trinajstić information content (AvgIpc) is 2.89.